The molecule has 0 radical (unpaired) electrons. The van der Waals surface area contributed by atoms with Crippen molar-refractivity contribution in [1.82, 2.24) is 24.1 Å². The highest BCUT2D eigenvalue weighted by Gasteiger charge is 2.29. The number of carbonyl (C=O) groups excluding carboxylic acids is 1. The van der Waals surface area contributed by atoms with Crippen molar-refractivity contribution in [1.29, 1.82) is 0 Å². The van der Waals surface area contributed by atoms with Gasteiger partial charge in [-0.3, -0.25) is 9.69 Å². The van der Waals surface area contributed by atoms with Crippen molar-refractivity contribution in [2.75, 3.05) is 26.2 Å². The van der Waals surface area contributed by atoms with Crippen LogP contribution in [0.4, 0.5) is 0 Å². The number of rotatable bonds is 6. The lowest BCUT2D eigenvalue weighted by Crippen LogP contribution is -2.48. The van der Waals surface area contributed by atoms with Gasteiger partial charge in [-0.05, 0) is 69.2 Å². The lowest BCUT2D eigenvalue weighted by atomic mass is 10.1. The van der Waals surface area contributed by atoms with Crippen molar-refractivity contribution in [3.8, 4) is 0 Å². The first kappa shape index (κ1) is 24.4. The average Bonchev–Trinajstić information content (AvgIpc) is 3.10. The van der Waals surface area contributed by atoms with E-state index < -0.39 is 10.0 Å². The highest BCUT2D eigenvalue weighted by Crippen LogP contribution is 2.22. The molecule has 1 aliphatic heterocycles. The number of piperazine rings is 1. The van der Waals surface area contributed by atoms with Gasteiger partial charge in [-0.25, -0.2) is 13.4 Å². The van der Waals surface area contributed by atoms with Gasteiger partial charge in [0.05, 0.1) is 22.5 Å². The van der Waals surface area contributed by atoms with E-state index in [2.05, 4.69) is 10.2 Å². The lowest BCUT2D eigenvalue weighted by molar-refractivity contribution is 0.0943. The fourth-order valence-electron chi connectivity index (χ4n) is 4.23. The summed E-state index contributed by atoms with van der Waals surface area (Å²) in [5, 5.41) is 2.91. The van der Waals surface area contributed by atoms with Crippen molar-refractivity contribution in [3.05, 3.63) is 58.9 Å². The Bertz CT molecular complexity index is 1320. The van der Waals surface area contributed by atoms with E-state index in [9.17, 15) is 13.2 Å². The molecule has 0 spiro atoms. The molecular formula is C25H33N5O3S. The number of amides is 1. The largest absolute Gasteiger partial charge is 0.350 e. The van der Waals surface area contributed by atoms with Gasteiger partial charge in [-0.2, -0.15) is 4.31 Å². The summed E-state index contributed by atoms with van der Waals surface area (Å²) < 4.78 is 29.8. The smallest absolute Gasteiger partial charge is 0.251 e. The highest BCUT2D eigenvalue weighted by molar-refractivity contribution is 7.89. The number of hydrogen-bond acceptors (Lipinski definition) is 5. The van der Waals surface area contributed by atoms with Crippen molar-refractivity contribution < 1.29 is 13.2 Å². The predicted octanol–water partition coefficient (Wildman–Crippen LogP) is 2.83. The third-order valence-corrected chi connectivity index (χ3v) is 8.36. The molecule has 9 heteroatoms. The minimum atomic E-state index is -3.50. The van der Waals surface area contributed by atoms with Gasteiger partial charge in [0.2, 0.25) is 10.0 Å². The van der Waals surface area contributed by atoms with Gasteiger partial charge < -0.3 is 9.88 Å². The highest BCUT2D eigenvalue weighted by atomic mass is 32.2. The number of aromatic nitrogens is 2. The minimum Gasteiger partial charge on any atom is -0.350 e. The zero-order valence-electron chi connectivity index (χ0n) is 20.5. The standard InChI is InChI=1S/C25H33N5O3S/c1-17(2)26-25(31)20-7-9-23-22(15-20)27-24(28(23)5)16-29-10-12-30(13-11-29)34(32,33)21-8-6-18(3)19(4)14-21/h6-9,14-15,17H,10-13,16H2,1-5H3,(H,26,31). The molecule has 2 aromatic carbocycles. The number of fused-ring (bicyclic) bond motifs is 1. The fourth-order valence-corrected chi connectivity index (χ4v) is 5.74. The Morgan fingerprint density at radius 2 is 1.74 bits per heavy atom. The van der Waals surface area contributed by atoms with E-state index in [-0.39, 0.29) is 11.9 Å². The quantitative estimate of drug-likeness (QED) is 0.583. The van der Waals surface area contributed by atoms with Gasteiger partial charge in [0.15, 0.2) is 0 Å². The molecule has 0 bridgehead atoms. The van der Waals surface area contributed by atoms with Crippen LogP contribution in [0.5, 0.6) is 0 Å². The van der Waals surface area contributed by atoms with Gasteiger partial charge in [-0.15, -0.1) is 0 Å². The van der Waals surface area contributed by atoms with Gasteiger partial charge in [-0.1, -0.05) is 6.07 Å². The van der Waals surface area contributed by atoms with Crippen molar-refractivity contribution >= 4 is 27.0 Å². The van der Waals surface area contributed by atoms with E-state index in [1.54, 1.807) is 16.4 Å². The van der Waals surface area contributed by atoms with Gasteiger partial charge in [0.1, 0.15) is 5.82 Å². The molecule has 1 aliphatic rings. The summed E-state index contributed by atoms with van der Waals surface area (Å²) in [5.41, 5.74) is 4.40. The van der Waals surface area contributed by atoms with E-state index in [1.165, 1.54) is 0 Å². The Hall–Kier alpha value is -2.75. The third kappa shape index (κ3) is 4.87. The summed E-state index contributed by atoms with van der Waals surface area (Å²) in [7, 11) is -1.53. The van der Waals surface area contributed by atoms with Crippen molar-refractivity contribution in [3.63, 3.8) is 0 Å². The first-order chi connectivity index (χ1) is 16.1. The van der Waals surface area contributed by atoms with E-state index >= 15 is 0 Å². The van der Waals surface area contributed by atoms with Crippen LogP contribution < -0.4 is 5.32 Å². The molecule has 1 saturated heterocycles. The van der Waals surface area contributed by atoms with E-state index in [1.807, 2.05) is 63.6 Å². The summed E-state index contributed by atoms with van der Waals surface area (Å²) in [6, 6.07) is 11.0. The average molecular weight is 484 g/mol. The van der Waals surface area contributed by atoms with E-state index in [0.29, 0.717) is 43.2 Å². The summed E-state index contributed by atoms with van der Waals surface area (Å²) in [5.74, 6) is 0.784. The van der Waals surface area contributed by atoms with Crippen LogP contribution in [-0.2, 0) is 23.6 Å². The maximum Gasteiger partial charge on any atom is 0.251 e. The van der Waals surface area contributed by atoms with Crippen LogP contribution in [0.1, 0.15) is 41.2 Å². The van der Waals surface area contributed by atoms with Gasteiger partial charge >= 0.3 is 0 Å². The minimum absolute atomic E-state index is 0.0694. The fraction of sp³-hybridized carbons (Fsp3) is 0.440. The van der Waals surface area contributed by atoms with Crippen molar-refractivity contribution in [2.45, 2.75) is 45.2 Å². The van der Waals surface area contributed by atoms with Crippen LogP contribution in [0.15, 0.2) is 41.3 Å². The van der Waals surface area contributed by atoms with E-state index in [0.717, 1.165) is 28.0 Å². The topological polar surface area (TPSA) is 87.5 Å². The Labute approximate surface area is 201 Å². The van der Waals surface area contributed by atoms with Crippen LogP contribution in [0.3, 0.4) is 0 Å². The Morgan fingerprint density at radius 1 is 1.03 bits per heavy atom. The summed E-state index contributed by atoms with van der Waals surface area (Å²) in [4.78, 5) is 19.7. The molecule has 0 unspecified atom stereocenters. The van der Waals surface area contributed by atoms with Crippen LogP contribution in [0, 0.1) is 13.8 Å². The zero-order valence-corrected chi connectivity index (χ0v) is 21.3. The Morgan fingerprint density at radius 3 is 2.38 bits per heavy atom. The summed E-state index contributed by atoms with van der Waals surface area (Å²) in [6.45, 7) is 10.6. The second-order valence-corrected chi connectivity index (χ2v) is 11.3. The molecule has 0 atom stereocenters. The molecule has 4 rings (SSSR count). The maximum atomic E-state index is 13.1. The molecular weight excluding hydrogens is 450 g/mol. The van der Waals surface area contributed by atoms with E-state index in [4.69, 9.17) is 4.98 Å². The summed E-state index contributed by atoms with van der Waals surface area (Å²) in [6.07, 6.45) is 0. The summed E-state index contributed by atoms with van der Waals surface area (Å²) >= 11 is 0. The normalized spacial score (nSPS) is 15.8. The zero-order chi connectivity index (χ0) is 24.6. The molecule has 1 amide bonds. The maximum absolute atomic E-state index is 13.1. The number of nitrogens with zero attached hydrogens (tertiary/aromatic N) is 4. The van der Waals surface area contributed by atoms with Crippen LogP contribution in [0.25, 0.3) is 11.0 Å². The SMILES string of the molecule is Cc1ccc(S(=O)(=O)N2CCN(Cc3nc4cc(C(=O)NC(C)C)ccc4n3C)CC2)cc1C. The third-order valence-electron chi connectivity index (χ3n) is 6.47. The number of nitrogens with one attached hydrogen (secondary N) is 1. The Kier molecular flexibility index (Phi) is 6.80. The number of benzene rings is 2. The number of imidazole rings is 1. The first-order valence-corrected chi connectivity index (χ1v) is 13.1. The lowest BCUT2D eigenvalue weighted by Gasteiger charge is -2.33. The molecule has 3 aromatic rings. The number of carbonyl (C=O) groups is 1. The van der Waals surface area contributed by atoms with Crippen LogP contribution >= 0.6 is 0 Å². The number of sulfonamides is 1. The molecule has 0 aliphatic carbocycles. The number of aryl methyl sites for hydroxylation is 3. The molecule has 2 heterocycles. The van der Waals surface area contributed by atoms with Gasteiger partial charge in [0.25, 0.3) is 5.91 Å². The molecule has 1 aromatic heterocycles. The van der Waals surface area contributed by atoms with Crippen LogP contribution in [0.2, 0.25) is 0 Å². The monoisotopic (exact) mass is 483 g/mol. The predicted molar refractivity (Wildman–Crippen MR) is 133 cm³/mol. The molecule has 8 nitrogen and oxygen atoms in total. The number of hydrogen-bond donors (Lipinski definition) is 1. The Balaban J connectivity index is 1.44. The molecule has 1 fully saturated rings. The second-order valence-electron chi connectivity index (χ2n) is 9.35. The first-order valence-electron chi connectivity index (χ1n) is 11.6. The second kappa shape index (κ2) is 9.48. The molecule has 34 heavy (non-hydrogen) atoms. The molecule has 0 saturated carbocycles. The molecule has 182 valence electrons. The molecule has 1 N–H and O–H groups in total. The van der Waals surface area contributed by atoms with Gasteiger partial charge in [0, 0.05) is 44.8 Å². The van der Waals surface area contributed by atoms with Crippen molar-refractivity contribution in [2.24, 2.45) is 7.05 Å². The van der Waals surface area contributed by atoms with Crippen LogP contribution in [-0.4, -0.2) is 65.3 Å².